The highest BCUT2D eigenvalue weighted by molar-refractivity contribution is 7.15. The lowest BCUT2D eigenvalue weighted by Crippen LogP contribution is -2.10. The summed E-state index contributed by atoms with van der Waals surface area (Å²) in [6.45, 7) is 6.65. The highest BCUT2D eigenvalue weighted by Gasteiger charge is 2.13. The van der Waals surface area contributed by atoms with Crippen molar-refractivity contribution in [3.05, 3.63) is 40.9 Å². The third kappa shape index (κ3) is 5.12. The Hall–Kier alpha value is -1.42. The van der Waals surface area contributed by atoms with Crippen LogP contribution in [0.1, 0.15) is 56.6 Å². The van der Waals surface area contributed by atoms with Crippen molar-refractivity contribution in [2.45, 2.75) is 52.5 Å². The van der Waals surface area contributed by atoms with Gasteiger partial charge in [0, 0.05) is 6.42 Å². The van der Waals surface area contributed by atoms with Gasteiger partial charge in [0.1, 0.15) is 5.01 Å². The summed E-state index contributed by atoms with van der Waals surface area (Å²) < 4.78 is 0. The topological polar surface area (TPSA) is 37.8 Å². The molecule has 0 aliphatic heterocycles. The van der Waals surface area contributed by atoms with Crippen LogP contribution in [0.15, 0.2) is 30.3 Å². The van der Waals surface area contributed by atoms with Crippen molar-refractivity contribution in [1.82, 2.24) is 10.2 Å². The highest BCUT2D eigenvalue weighted by Crippen LogP contribution is 2.27. The largest absolute Gasteiger partial charge is 0.353 e. The lowest BCUT2D eigenvalue weighted by atomic mass is 10.0. The SMILES string of the molecule is CCCCC(Nc1nnc(CC(C)C)s1)c1ccccc1. The first-order chi connectivity index (χ1) is 10.2. The van der Waals surface area contributed by atoms with Crippen LogP contribution in [0.4, 0.5) is 5.13 Å². The molecule has 1 aromatic heterocycles. The zero-order valence-corrected chi connectivity index (χ0v) is 14.0. The molecule has 2 rings (SSSR count). The van der Waals surface area contributed by atoms with Gasteiger partial charge in [0.05, 0.1) is 6.04 Å². The van der Waals surface area contributed by atoms with Crippen LogP contribution in [-0.2, 0) is 6.42 Å². The Balaban J connectivity index is 2.06. The molecular weight excluding hydrogens is 278 g/mol. The zero-order chi connectivity index (χ0) is 15.1. The molecule has 0 saturated heterocycles. The van der Waals surface area contributed by atoms with Gasteiger partial charge in [-0.1, -0.05) is 75.3 Å². The standard InChI is InChI=1S/C17H25N3S/c1-4-5-11-15(14-9-7-6-8-10-14)18-17-20-19-16(21-17)12-13(2)3/h6-10,13,15H,4-5,11-12H2,1-3H3,(H,18,20). The molecule has 4 heteroatoms. The maximum Gasteiger partial charge on any atom is 0.206 e. The van der Waals surface area contributed by atoms with Crippen LogP contribution in [0.25, 0.3) is 0 Å². The summed E-state index contributed by atoms with van der Waals surface area (Å²) in [7, 11) is 0. The number of hydrogen-bond acceptors (Lipinski definition) is 4. The molecule has 0 fully saturated rings. The molecule has 3 nitrogen and oxygen atoms in total. The van der Waals surface area contributed by atoms with E-state index in [1.54, 1.807) is 11.3 Å². The Labute approximate surface area is 131 Å². The number of benzene rings is 1. The number of nitrogens with zero attached hydrogens (tertiary/aromatic N) is 2. The van der Waals surface area contributed by atoms with Gasteiger partial charge in [-0.05, 0) is 17.9 Å². The lowest BCUT2D eigenvalue weighted by molar-refractivity contribution is 0.631. The first-order valence-electron chi connectivity index (χ1n) is 7.83. The second-order valence-corrected chi connectivity index (χ2v) is 6.91. The molecule has 114 valence electrons. The van der Waals surface area contributed by atoms with Gasteiger partial charge < -0.3 is 5.32 Å². The zero-order valence-electron chi connectivity index (χ0n) is 13.2. The van der Waals surface area contributed by atoms with Crippen LogP contribution in [0.2, 0.25) is 0 Å². The van der Waals surface area contributed by atoms with Crippen LogP contribution in [-0.4, -0.2) is 10.2 Å². The van der Waals surface area contributed by atoms with E-state index in [0.717, 1.165) is 23.0 Å². The fourth-order valence-corrected chi connectivity index (χ4v) is 3.31. The molecule has 0 amide bonds. The van der Waals surface area contributed by atoms with Crippen molar-refractivity contribution < 1.29 is 0 Å². The second kappa shape index (κ2) is 8.13. The average Bonchev–Trinajstić information content (AvgIpc) is 2.90. The maximum absolute atomic E-state index is 4.30. The van der Waals surface area contributed by atoms with Gasteiger partial charge in [-0.2, -0.15) is 0 Å². The smallest absolute Gasteiger partial charge is 0.206 e. The molecular formula is C17H25N3S. The van der Waals surface area contributed by atoms with Crippen LogP contribution < -0.4 is 5.32 Å². The predicted molar refractivity (Wildman–Crippen MR) is 90.8 cm³/mol. The summed E-state index contributed by atoms with van der Waals surface area (Å²) >= 11 is 1.68. The Kier molecular flexibility index (Phi) is 6.18. The van der Waals surface area contributed by atoms with Crippen molar-refractivity contribution in [1.29, 1.82) is 0 Å². The molecule has 1 unspecified atom stereocenters. The van der Waals surface area contributed by atoms with Crippen molar-refractivity contribution in [2.24, 2.45) is 5.92 Å². The van der Waals surface area contributed by atoms with Gasteiger partial charge in [-0.3, -0.25) is 0 Å². The second-order valence-electron chi connectivity index (χ2n) is 5.85. The van der Waals surface area contributed by atoms with E-state index in [-0.39, 0.29) is 0 Å². The minimum atomic E-state index is 0.325. The molecule has 1 atom stereocenters. The van der Waals surface area contributed by atoms with Crippen LogP contribution in [0.5, 0.6) is 0 Å². The highest BCUT2D eigenvalue weighted by atomic mass is 32.1. The van der Waals surface area contributed by atoms with Crippen LogP contribution >= 0.6 is 11.3 Å². The molecule has 21 heavy (non-hydrogen) atoms. The quantitative estimate of drug-likeness (QED) is 0.739. The van der Waals surface area contributed by atoms with E-state index < -0.39 is 0 Å². The van der Waals surface area contributed by atoms with Gasteiger partial charge in [0.15, 0.2) is 0 Å². The molecule has 0 radical (unpaired) electrons. The maximum atomic E-state index is 4.30. The Morgan fingerprint density at radius 3 is 2.57 bits per heavy atom. The number of nitrogens with one attached hydrogen (secondary N) is 1. The van der Waals surface area contributed by atoms with Gasteiger partial charge in [0.2, 0.25) is 5.13 Å². The minimum absolute atomic E-state index is 0.325. The Bertz CT molecular complexity index is 522. The molecule has 0 spiro atoms. The molecule has 2 aromatic rings. The lowest BCUT2D eigenvalue weighted by Gasteiger charge is -2.18. The molecule has 1 heterocycles. The number of aromatic nitrogens is 2. The molecule has 0 bridgehead atoms. The van der Waals surface area contributed by atoms with E-state index in [1.165, 1.54) is 18.4 Å². The monoisotopic (exact) mass is 303 g/mol. The normalized spacial score (nSPS) is 12.6. The first kappa shape index (κ1) is 16.0. The fraction of sp³-hybridized carbons (Fsp3) is 0.529. The molecule has 1 aromatic carbocycles. The van der Waals surface area contributed by atoms with Crippen LogP contribution in [0, 0.1) is 5.92 Å². The fourth-order valence-electron chi connectivity index (χ4n) is 2.31. The van der Waals surface area contributed by atoms with Crippen molar-refractivity contribution in [3.63, 3.8) is 0 Å². The predicted octanol–water partition coefficient (Wildman–Crippen LogP) is 5.08. The summed E-state index contributed by atoms with van der Waals surface area (Å²) in [5, 5.41) is 14.2. The van der Waals surface area contributed by atoms with Crippen molar-refractivity contribution in [3.8, 4) is 0 Å². The molecule has 0 aliphatic carbocycles. The minimum Gasteiger partial charge on any atom is -0.353 e. The van der Waals surface area contributed by atoms with E-state index in [9.17, 15) is 0 Å². The van der Waals surface area contributed by atoms with Crippen molar-refractivity contribution in [2.75, 3.05) is 5.32 Å². The molecule has 0 aliphatic rings. The number of unbranched alkanes of at least 4 members (excludes halogenated alkanes) is 1. The van der Waals surface area contributed by atoms with Gasteiger partial charge in [0.25, 0.3) is 0 Å². The van der Waals surface area contributed by atoms with Gasteiger partial charge in [-0.25, -0.2) is 0 Å². The van der Waals surface area contributed by atoms with Gasteiger partial charge >= 0.3 is 0 Å². The van der Waals surface area contributed by atoms with Crippen LogP contribution in [0.3, 0.4) is 0 Å². The number of anilines is 1. The Morgan fingerprint density at radius 2 is 1.90 bits per heavy atom. The Morgan fingerprint density at radius 1 is 1.14 bits per heavy atom. The van der Waals surface area contributed by atoms with E-state index in [1.807, 2.05) is 0 Å². The van der Waals surface area contributed by atoms with E-state index in [0.29, 0.717) is 12.0 Å². The van der Waals surface area contributed by atoms with E-state index in [2.05, 4.69) is 66.6 Å². The first-order valence-corrected chi connectivity index (χ1v) is 8.64. The summed E-state index contributed by atoms with van der Waals surface area (Å²) in [6, 6.07) is 10.9. The average molecular weight is 303 g/mol. The molecule has 0 saturated carbocycles. The summed E-state index contributed by atoms with van der Waals surface area (Å²) in [5.74, 6) is 0.621. The number of hydrogen-bond donors (Lipinski definition) is 1. The van der Waals surface area contributed by atoms with E-state index in [4.69, 9.17) is 0 Å². The van der Waals surface area contributed by atoms with Gasteiger partial charge in [-0.15, -0.1) is 10.2 Å². The van der Waals surface area contributed by atoms with Crippen molar-refractivity contribution >= 4 is 16.5 Å². The van der Waals surface area contributed by atoms with E-state index >= 15 is 0 Å². The summed E-state index contributed by atoms with van der Waals surface area (Å²) in [6.07, 6.45) is 4.55. The third-order valence-corrected chi connectivity index (χ3v) is 4.27. The third-order valence-electron chi connectivity index (χ3n) is 3.40. The number of rotatable bonds is 8. The molecule has 1 N–H and O–H groups in total. The summed E-state index contributed by atoms with van der Waals surface area (Å²) in [5.41, 5.74) is 1.33. The summed E-state index contributed by atoms with van der Waals surface area (Å²) in [4.78, 5) is 0.